The molecule has 5 nitrogen and oxygen atoms in total. The Balaban J connectivity index is 1.96. The van der Waals surface area contributed by atoms with Gasteiger partial charge in [-0.15, -0.1) is 11.3 Å². The molecule has 0 aliphatic heterocycles. The van der Waals surface area contributed by atoms with Gasteiger partial charge in [0.1, 0.15) is 4.88 Å². The molecule has 2 aromatic rings. The minimum atomic E-state index is -0.516. The molecule has 0 spiro atoms. The molecule has 0 saturated heterocycles. The molecule has 1 aromatic heterocycles. The fraction of sp³-hybridized carbons (Fsp3) is 0.278. The second-order valence-electron chi connectivity index (χ2n) is 5.30. The van der Waals surface area contributed by atoms with Crippen LogP contribution in [-0.2, 0) is 16.0 Å². The average Bonchev–Trinajstić information content (AvgIpc) is 2.94. The zero-order chi connectivity index (χ0) is 17.7. The van der Waals surface area contributed by atoms with E-state index in [-0.39, 0.29) is 5.78 Å². The molecule has 1 N–H and O–H groups in total. The number of nitrogens with one attached hydrogen (secondary N) is 1. The fourth-order valence-electron chi connectivity index (χ4n) is 2.26. The number of benzene rings is 1. The zero-order valence-electron chi connectivity index (χ0n) is 13.8. The summed E-state index contributed by atoms with van der Waals surface area (Å²) in [6.07, 6.45) is 0.853. The van der Waals surface area contributed by atoms with Gasteiger partial charge in [0, 0.05) is 10.4 Å². The van der Waals surface area contributed by atoms with E-state index in [1.54, 1.807) is 30.3 Å². The van der Waals surface area contributed by atoms with Gasteiger partial charge in [0.15, 0.2) is 12.4 Å². The highest BCUT2D eigenvalue weighted by molar-refractivity contribution is 7.14. The molecule has 0 bridgehead atoms. The quantitative estimate of drug-likeness (QED) is 0.641. The van der Waals surface area contributed by atoms with Crippen molar-refractivity contribution in [3.05, 3.63) is 51.2 Å². The third-order valence-electron chi connectivity index (χ3n) is 3.46. The summed E-state index contributed by atoms with van der Waals surface area (Å²) in [5.41, 5.74) is 1.87. The van der Waals surface area contributed by atoms with Crippen molar-refractivity contribution in [3.63, 3.8) is 0 Å². The summed E-state index contributed by atoms with van der Waals surface area (Å²) in [6.45, 7) is 4.99. The van der Waals surface area contributed by atoms with Crippen LogP contribution in [0.1, 0.15) is 44.3 Å². The van der Waals surface area contributed by atoms with Crippen molar-refractivity contribution in [1.29, 1.82) is 0 Å². The number of thiophene rings is 1. The number of para-hydroxylation sites is 1. The average molecular weight is 345 g/mol. The molecule has 0 atom stereocenters. The van der Waals surface area contributed by atoms with E-state index in [1.807, 2.05) is 13.8 Å². The SMILES string of the molecule is CCc1sc(C(=O)OCC(=O)Nc2ccccc2C(C)=O)cc1C. The maximum absolute atomic E-state index is 12.0. The van der Waals surface area contributed by atoms with Crippen LogP contribution in [0.5, 0.6) is 0 Å². The Morgan fingerprint density at radius 1 is 1.21 bits per heavy atom. The van der Waals surface area contributed by atoms with E-state index in [4.69, 9.17) is 4.74 Å². The van der Waals surface area contributed by atoms with Crippen molar-refractivity contribution in [2.24, 2.45) is 0 Å². The van der Waals surface area contributed by atoms with Crippen LogP contribution in [0.15, 0.2) is 30.3 Å². The predicted molar refractivity (Wildman–Crippen MR) is 93.8 cm³/mol. The van der Waals surface area contributed by atoms with Gasteiger partial charge in [0.05, 0.1) is 5.69 Å². The minimum Gasteiger partial charge on any atom is -0.451 e. The smallest absolute Gasteiger partial charge is 0.348 e. The number of ether oxygens (including phenoxy) is 1. The molecular weight excluding hydrogens is 326 g/mol. The second-order valence-corrected chi connectivity index (χ2v) is 6.43. The van der Waals surface area contributed by atoms with E-state index in [0.29, 0.717) is 16.1 Å². The summed E-state index contributed by atoms with van der Waals surface area (Å²) in [5.74, 6) is -1.15. The maximum Gasteiger partial charge on any atom is 0.348 e. The summed E-state index contributed by atoms with van der Waals surface area (Å²) < 4.78 is 5.05. The number of aryl methyl sites for hydroxylation is 2. The molecule has 24 heavy (non-hydrogen) atoms. The number of Topliss-reactive ketones (excluding diaryl/α,β-unsaturated/α-hetero) is 1. The molecule has 1 aromatic carbocycles. The Kier molecular flexibility index (Phi) is 5.87. The highest BCUT2D eigenvalue weighted by Gasteiger charge is 2.15. The Hall–Kier alpha value is -2.47. The highest BCUT2D eigenvalue weighted by Crippen LogP contribution is 2.23. The van der Waals surface area contributed by atoms with Crippen LogP contribution in [0.25, 0.3) is 0 Å². The first kappa shape index (κ1) is 17.9. The van der Waals surface area contributed by atoms with Gasteiger partial charge in [-0.25, -0.2) is 4.79 Å². The number of esters is 1. The van der Waals surface area contributed by atoms with Crippen LogP contribution in [0.3, 0.4) is 0 Å². The summed E-state index contributed by atoms with van der Waals surface area (Å²) >= 11 is 1.38. The number of carbonyl (C=O) groups is 3. The standard InChI is InChI=1S/C18H19NO4S/c1-4-15-11(2)9-16(24-15)18(22)23-10-17(21)19-14-8-6-5-7-13(14)12(3)20/h5-9H,4,10H2,1-3H3,(H,19,21). The number of hydrogen-bond acceptors (Lipinski definition) is 5. The Morgan fingerprint density at radius 2 is 1.92 bits per heavy atom. The van der Waals surface area contributed by atoms with Crippen LogP contribution in [0.4, 0.5) is 5.69 Å². The van der Waals surface area contributed by atoms with E-state index < -0.39 is 18.5 Å². The second kappa shape index (κ2) is 7.88. The number of anilines is 1. The Morgan fingerprint density at radius 3 is 2.54 bits per heavy atom. The third-order valence-corrected chi connectivity index (χ3v) is 4.82. The Labute approximate surface area is 144 Å². The maximum atomic E-state index is 12.0. The monoisotopic (exact) mass is 345 g/mol. The minimum absolute atomic E-state index is 0.149. The molecule has 0 unspecified atom stereocenters. The lowest BCUT2D eigenvalue weighted by molar-refractivity contribution is -0.119. The summed E-state index contributed by atoms with van der Waals surface area (Å²) in [5, 5.41) is 2.59. The van der Waals surface area contributed by atoms with Gasteiger partial charge in [-0.3, -0.25) is 9.59 Å². The van der Waals surface area contributed by atoms with E-state index in [1.165, 1.54) is 18.3 Å². The molecule has 1 heterocycles. The zero-order valence-corrected chi connectivity index (χ0v) is 14.7. The Bertz CT molecular complexity index is 779. The molecule has 0 fully saturated rings. The van der Waals surface area contributed by atoms with E-state index in [9.17, 15) is 14.4 Å². The molecule has 6 heteroatoms. The molecule has 0 radical (unpaired) electrons. The highest BCUT2D eigenvalue weighted by atomic mass is 32.1. The van der Waals surface area contributed by atoms with Gasteiger partial charge in [-0.2, -0.15) is 0 Å². The number of hydrogen-bond donors (Lipinski definition) is 1. The predicted octanol–water partition coefficient (Wildman–Crippen LogP) is 3.62. The fourth-order valence-corrected chi connectivity index (χ4v) is 3.27. The van der Waals surface area contributed by atoms with E-state index >= 15 is 0 Å². The molecule has 2 rings (SSSR count). The molecule has 0 saturated carbocycles. The van der Waals surface area contributed by atoms with Crippen LogP contribution in [0.2, 0.25) is 0 Å². The summed E-state index contributed by atoms with van der Waals surface area (Å²) in [4.78, 5) is 37.1. The molecule has 1 amide bonds. The number of rotatable bonds is 6. The van der Waals surface area contributed by atoms with Crippen molar-refractivity contribution in [1.82, 2.24) is 0 Å². The largest absolute Gasteiger partial charge is 0.451 e. The van der Waals surface area contributed by atoms with E-state index in [0.717, 1.165) is 16.9 Å². The van der Waals surface area contributed by atoms with Crippen LogP contribution >= 0.6 is 11.3 Å². The first-order valence-corrected chi connectivity index (χ1v) is 8.40. The molecule has 0 aliphatic rings. The van der Waals surface area contributed by atoms with Gasteiger partial charge in [0.2, 0.25) is 0 Å². The third kappa shape index (κ3) is 4.29. The van der Waals surface area contributed by atoms with Crippen molar-refractivity contribution >= 4 is 34.7 Å². The van der Waals surface area contributed by atoms with Crippen molar-refractivity contribution in [2.45, 2.75) is 27.2 Å². The lowest BCUT2D eigenvalue weighted by atomic mass is 10.1. The van der Waals surface area contributed by atoms with Gasteiger partial charge in [-0.05, 0) is 44.0 Å². The molecular formula is C18H19NO4S. The summed E-state index contributed by atoms with van der Waals surface area (Å²) in [7, 11) is 0. The van der Waals surface area contributed by atoms with Gasteiger partial charge >= 0.3 is 5.97 Å². The van der Waals surface area contributed by atoms with Crippen LogP contribution in [0, 0.1) is 6.92 Å². The first-order chi connectivity index (χ1) is 11.4. The first-order valence-electron chi connectivity index (χ1n) is 7.58. The van der Waals surface area contributed by atoms with Crippen LogP contribution in [-0.4, -0.2) is 24.3 Å². The van der Waals surface area contributed by atoms with Gasteiger partial charge in [0.25, 0.3) is 5.91 Å². The molecule has 0 aliphatic carbocycles. The van der Waals surface area contributed by atoms with E-state index in [2.05, 4.69) is 5.32 Å². The number of ketones is 1. The van der Waals surface area contributed by atoms with Crippen molar-refractivity contribution in [3.8, 4) is 0 Å². The van der Waals surface area contributed by atoms with Gasteiger partial charge in [-0.1, -0.05) is 19.1 Å². The van der Waals surface area contributed by atoms with Gasteiger partial charge < -0.3 is 10.1 Å². The van der Waals surface area contributed by atoms with Crippen LogP contribution < -0.4 is 5.32 Å². The number of amides is 1. The lowest BCUT2D eigenvalue weighted by Gasteiger charge is -2.09. The van der Waals surface area contributed by atoms with Crippen molar-refractivity contribution < 1.29 is 19.1 Å². The number of carbonyl (C=O) groups excluding carboxylic acids is 3. The normalized spacial score (nSPS) is 10.3. The lowest BCUT2D eigenvalue weighted by Crippen LogP contribution is -2.21. The van der Waals surface area contributed by atoms with Crippen molar-refractivity contribution in [2.75, 3.05) is 11.9 Å². The molecule has 126 valence electrons. The topological polar surface area (TPSA) is 72.5 Å². The summed E-state index contributed by atoms with van der Waals surface area (Å²) in [6, 6.07) is 8.47.